The standard InChI is InChI=1S/C16H22O3/c1-3-9-16(15(17)18)10-8-13(11-16)12-4-6-14(19-2)7-5-12/h4-7,13H,3,8-11H2,1-2H3,(H,17,18)/t13-,16+/m0/s1. The van der Waals surface area contributed by atoms with Gasteiger partial charge in [-0.3, -0.25) is 4.79 Å². The number of benzene rings is 1. The highest BCUT2D eigenvalue weighted by Gasteiger charge is 2.44. The molecule has 0 aliphatic heterocycles. The van der Waals surface area contributed by atoms with Gasteiger partial charge in [0.2, 0.25) is 0 Å². The lowest BCUT2D eigenvalue weighted by Gasteiger charge is -2.23. The summed E-state index contributed by atoms with van der Waals surface area (Å²) in [5.74, 6) is 0.596. The molecule has 1 saturated carbocycles. The van der Waals surface area contributed by atoms with Gasteiger partial charge in [-0.15, -0.1) is 0 Å². The predicted molar refractivity (Wildman–Crippen MR) is 74.6 cm³/mol. The lowest BCUT2D eigenvalue weighted by Crippen LogP contribution is -2.27. The molecule has 1 fully saturated rings. The summed E-state index contributed by atoms with van der Waals surface area (Å²) < 4.78 is 5.16. The van der Waals surface area contributed by atoms with Crippen LogP contribution >= 0.6 is 0 Å². The van der Waals surface area contributed by atoms with Crippen molar-refractivity contribution in [2.75, 3.05) is 7.11 Å². The van der Waals surface area contributed by atoms with Crippen molar-refractivity contribution in [1.29, 1.82) is 0 Å². The van der Waals surface area contributed by atoms with E-state index < -0.39 is 11.4 Å². The molecule has 3 nitrogen and oxygen atoms in total. The summed E-state index contributed by atoms with van der Waals surface area (Å²) in [5, 5.41) is 9.52. The van der Waals surface area contributed by atoms with Crippen LogP contribution in [0.3, 0.4) is 0 Å². The van der Waals surface area contributed by atoms with Crippen LogP contribution in [0.5, 0.6) is 5.75 Å². The minimum Gasteiger partial charge on any atom is -0.497 e. The van der Waals surface area contributed by atoms with Crippen LogP contribution < -0.4 is 4.74 Å². The third kappa shape index (κ3) is 2.75. The van der Waals surface area contributed by atoms with E-state index >= 15 is 0 Å². The molecule has 0 spiro atoms. The van der Waals surface area contributed by atoms with E-state index in [1.54, 1.807) is 7.11 Å². The van der Waals surface area contributed by atoms with E-state index in [9.17, 15) is 9.90 Å². The van der Waals surface area contributed by atoms with Gasteiger partial charge in [-0.25, -0.2) is 0 Å². The molecule has 1 aromatic carbocycles. The zero-order valence-electron chi connectivity index (χ0n) is 11.7. The smallest absolute Gasteiger partial charge is 0.309 e. The first-order valence-corrected chi connectivity index (χ1v) is 6.98. The normalized spacial score (nSPS) is 26.3. The largest absolute Gasteiger partial charge is 0.497 e. The number of carboxylic acids is 1. The molecule has 1 aromatic rings. The van der Waals surface area contributed by atoms with Crippen LogP contribution in [-0.2, 0) is 4.79 Å². The maximum atomic E-state index is 11.6. The van der Waals surface area contributed by atoms with E-state index in [-0.39, 0.29) is 0 Å². The van der Waals surface area contributed by atoms with Gasteiger partial charge in [-0.2, -0.15) is 0 Å². The number of carbonyl (C=O) groups is 1. The Kier molecular flexibility index (Phi) is 4.13. The zero-order valence-corrected chi connectivity index (χ0v) is 11.7. The fraction of sp³-hybridized carbons (Fsp3) is 0.562. The molecule has 0 bridgehead atoms. The minimum absolute atomic E-state index is 0.369. The minimum atomic E-state index is -0.620. The zero-order chi connectivity index (χ0) is 13.9. The van der Waals surface area contributed by atoms with E-state index in [4.69, 9.17) is 4.74 Å². The SMILES string of the molecule is CCC[C@@]1(C(=O)O)CC[C@H](c2ccc(OC)cc2)C1. The molecule has 1 N–H and O–H groups in total. The van der Waals surface area contributed by atoms with Gasteiger partial charge in [0.25, 0.3) is 0 Å². The Labute approximate surface area is 114 Å². The van der Waals surface area contributed by atoms with Crippen molar-refractivity contribution >= 4 is 5.97 Å². The first kappa shape index (κ1) is 13.9. The highest BCUT2D eigenvalue weighted by atomic mass is 16.5. The number of carboxylic acid groups (broad SMARTS) is 1. The van der Waals surface area contributed by atoms with Gasteiger partial charge in [-0.05, 0) is 49.3 Å². The van der Waals surface area contributed by atoms with Gasteiger partial charge in [0.15, 0.2) is 0 Å². The Morgan fingerprint density at radius 1 is 1.42 bits per heavy atom. The lowest BCUT2D eigenvalue weighted by atomic mass is 9.80. The first-order chi connectivity index (χ1) is 9.11. The molecule has 2 atom stereocenters. The predicted octanol–water partition coefficient (Wildman–Crippen LogP) is 3.83. The monoisotopic (exact) mass is 262 g/mol. The van der Waals surface area contributed by atoms with Gasteiger partial charge in [0.05, 0.1) is 12.5 Å². The summed E-state index contributed by atoms with van der Waals surface area (Å²) in [5.41, 5.74) is 0.735. The summed E-state index contributed by atoms with van der Waals surface area (Å²) in [7, 11) is 1.65. The van der Waals surface area contributed by atoms with Crippen molar-refractivity contribution < 1.29 is 14.6 Å². The fourth-order valence-electron chi connectivity index (χ4n) is 3.29. The Morgan fingerprint density at radius 3 is 2.63 bits per heavy atom. The van der Waals surface area contributed by atoms with Gasteiger partial charge < -0.3 is 9.84 Å². The Balaban J connectivity index is 2.13. The molecule has 2 rings (SSSR count). The van der Waals surface area contributed by atoms with Gasteiger partial charge in [0, 0.05) is 0 Å². The highest BCUT2D eigenvalue weighted by molar-refractivity contribution is 5.75. The molecule has 104 valence electrons. The molecule has 0 amide bonds. The van der Waals surface area contributed by atoms with Crippen LogP contribution in [0, 0.1) is 5.41 Å². The number of methoxy groups -OCH3 is 1. The molecule has 19 heavy (non-hydrogen) atoms. The first-order valence-electron chi connectivity index (χ1n) is 6.98. The molecule has 1 aliphatic rings. The Morgan fingerprint density at radius 2 is 2.11 bits per heavy atom. The van der Waals surface area contributed by atoms with Crippen LogP contribution in [-0.4, -0.2) is 18.2 Å². The van der Waals surface area contributed by atoms with Gasteiger partial charge in [-0.1, -0.05) is 25.5 Å². The van der Waals surface area contributed by atoms with Gasteiger partial charge >= 0.3 is 5.97 Å². The molecular formula is C16H22O3. The number of aliphatic carboxylic acids is 1. The molecule has 1 aliphatic carbocycles. The summed E-state index contributed by atoms with van der Waals surface area (Å²) >= 11 is 0. The van der Waals surface area contributed by atoms with E-state index in [1.807, 2.05) is 12.1 Å². The lowest BCUT2D eigenvalue weighted by molar-refractivity contribution is -0.149. The number of rotatable bonds is 5. The van der Waals surface area contributed by atoms with Crippen molar-refractivity contribution in [3.8, 4) is 5.75 Å². The van der Waals surface area contributed by atoms with Crippen molar-refractivity contribution in [1.82, 2.24) is 0 Å². The molecule has 0 saturated heterocycles. The molecule has 3 heteroatoms. The number of ether oxygens (including phenoxy) is 1. The Hall–Kier alpha value is -1.51. The topological polar surface area (TPSA) is 46.5 Å². The van der Waals surface area contributed by atoms with Crippen LogP contribution in [0.15, 0.2) is 24.3 Å². The maximum Gasteiger partial charge on any atom is 0.309 e. The second-order valence-electron chi connectivity index (χ2n) is 5.55. The highest BCUT2D eigenvalue weighted by Crippen LogP contribution is 2.49. The van der Waals surface area contributed by atoms with Crippen molar-refractivity contribution in [3.05, 3.63) is 29.8 Å². The summed E-state index contributed by atoms with van der Waals surface area (Å²) in [6.45, 7) is 2.06. The third-order valence-corrected chi connectivity index (χ3v) is 4.38. The quantitative estimate of drug-likeness (QED) is 0.877. The van der Waals surface area contributed by atoms with Crippen LogP contribution in [0.1, 0.15) is 50.5 Å². The molecule has 0 aromatic heterocycles. The van der Waals surface area contributed by atoms with Crippen molar-refractivity contribution in [3.63, 3.8) is 0 Å². The average molecular weight is 262 g/mol. The van der Waals surface area contributed by atoms with Crippen LogP contribution in [0.2, 0.25) is 0 Å². The van der Waals surface area contributed by atoms with E-state index in [0.29, 0.717) is 5.92 Å². The van der Waals surface area contributed by atoms with E-state index in [0.717, 1.165) is 37.9 Å². The molecule has 0 unspecified atom stereocenters. The molecule has 0 heterocycles. The fourth-order valence-corrected chi connectivity index (χ4v) is 3.29. The molecule has 0 radical (unpaired) electrons. The average Bonchev–Trinajstić information content (AvgIpc) is 2.85. The van der Waals surface area contributed by atoms with E-state index in [2.05, 4.69) is 19.1 Å². The summed E-state index contributed by atoms with van der Waals surface area (Å²) in [6.07, 6.45) is 4.25. The van der Waals surface area contributed by atoms with Crippen LogP contribution in [0.25, 0.3) is 0 Å². The summed E-state index contributed by atoms with van der Waals surface area (Å²) in [6, 6.07) is 8.03. The van der Waals surface area contributed by atoms with Crippen molar-refractivity contribution in [2.45, 2.75) is 44.9 Å². The Bertz CT molecular complexity index is 438. The number of hydrogen-bond acceptors (Lipinski definition) is 2. The molecular weight excluding hydrogens is 240 g/mol. The number of hydrogen-bond donors (Lipinski definition) is 1. The second kappa shape index (κ2) is 5.64. The third-order valence-electron chi connectivity index (χ3n) is 4.38. The van der Waals surface area contributed by atoms with Crippen molar-refractivity contribution in [2.24, 2.45) is 5.41 Å². The maximum absolute atomic E-state index is 11.6. The van der Waals surface area contributed by atoms with Crippen LogP contribution in [0.4, 0.5) is 0 Å². The summed E-state index contributed by atoms with van der Waals surface area (Å²) in [4.78, 5) is 11.6. The second-order valence-corrected chi connectivity index (χ2v) is 5.55. The van der Waals surface area contributed by atoms with Gasteiger partial charge in [0.1, 0.15) is 5.75 Å². The van der Waals surface area contributed by atoms with E-state index in [1.165, 1.54) is 5.56 Å².